The molecule has 1 aromatic heterocycles. The largest absolute Gasteiger partial charge is 0.338 e. The molecular formula is C21H28N4O2S. The lowest BCUT2D eigenvalue weighted by Gasteiger charge is -2.34. The molecule has 1 aliphatic rings. The van der Waals surface area contributed by atoms with Gasteiger partial charge in [0.15, 0.2) is 0 Å². The van der Waals surface area contributed by atoms with Crippen LogP contribution in [-0.2, 0) is 6.42 Å². The van der Waals surface area contributed by atoms with Gasteiger partial charge in [0, 0.05) is 51.2 Å². The first-order valence-electron chi connectivity index (χ1n) is 9.82. The molecule has 2 aromatic rings. The van der Waals surface area contributed by atoms with E-state index in [0.29, 0.717) is 13.1 Å². The Morgan fingerprint density at radius 3 is 2.43 bits per heavy atom. The number of amides is 3. The minimum absolute atomic E-state index is 0.112. The lowest BCUT2D eigenvalue weighted by Crippen LogP contribution is -2.50. The molecule has 150 valence electrons. The van der Waals surface area contributed by atoms with Crippen LogP contribution in [0.15, 0.2) is 47.2 Å². The van der Waals surface area contributed by atoms with Crippen molar-refractivity contribution in [3.05, 3.63) is 58.3 Å². The third-order valence-corrected chi connectivity index (χ3v) is 5.60. The van der Waals surface area contributed by atoms with Crippen molar-refractivity contribution < 1.29 is 9.59 Å². The number of piperazine rings is 1. The van der Waals surface area contributed by atoms with Crippen LogP contribution in [-0.4, -0.2) is 67.6 Å². The molecule has 2 N–H and O–H groups in total. The summed E-state index contributed by atoms with van der Waals surface area (Å²) in [5.74, 6) is 0.119. The number of nitrogens with zero attached hydrogens (tertiary/aromatic N) is 2. The average Bonchev–Trinajstić information content (AvgIpc) is 3.27. The summed E-state index contributed by atoms with van der Waals surface area (Å²) in [7, 11) is 0. The minimum atomic E-state index is -0.112. The average molecular weight is 401 g/mol. The van der Waals surface area contributed by atoms with Crippen LogP contribution in [0, 0.1) is 0 Å². The molecule has 2 heterocycles. The molecule has 28 heavy (non-hydrogen) atoms. The maximum atomic E-state index is 12.3. The molecule has 6 nitrogen and oxygen atoms in total. The fourth-order valence-electron chi connectivity index (χ4n) is 3.27. The maximum absolute atomic E-state index is 12.3. The Bertz CT molecular complexity index is 728. The lowest BCUT2D eigenvalue weighted by molar-refractivity contribution is 0.0640. The summed E-state index contributed by atoms with van der Waals surface area (Å²) in [5, 5.41) is 9.65. The quantitative estimate of drug-likeness (QED) is 0.669. The van der Waals surface area contributed by atoms with E-state index >= 15 is 0 Å². The third kappa shape index (κ3) is 6.35. The van der Waals surface area contributed by atoms with Gasteiger partial charge in [0.1, 0.15) is 0 Å². The molecule has 0 spiro atoms. The summed E-state index contributed by atoms with van der Waals surface area (Å²) >= 11 is 1.55. The second-order valence-electron chi connectivity index (χ2n) is 6.92. The number of carbonyl (C=O) groups excluding carboxylic acids is 2. The van der Waals surface area contributed by atoms with E-state index in [2.05, 4.69) is 27.7 Å². The van der Waals surface area contributed by atoms with Crippen molar-refractivity contribution in [3.63, 3.8) is 0 Å². The van der Waals surface area contributed by atoms with Gasteiger partial charge in [0.25, 0.3) is 5.91 Å². The topological polar surface area (TPSA) is 64.7 Å². The Hall–Kier alpha value is -2.38. The van der Waals surface area contributed by atoms with Gasteiger partial charge in [-0.3, -0.25) is 9.69 Å². The van der Waals surface area contributed by atoms with E-state index in [9.17, 15) is 9.59 Å². The van der Waals surface area contributed by atoms with E-state index in [4.69, 9.17) is 0 Å². The summed E-state index contributed by atoms with van der Waals surface area (Å²) < 4.78 is 0. The smallest absolute Gasteiger partial charge is 0.314 e. The molecule has 7 heteroatoms. The fraction of sp³-hybridized carbons (Fsp3) is 0.429. The van der Waals surface area contributed by atoms with E-state index < -0.39 is 0 Å². The molecule has 3 rings (SSSR count). The number of rotatable bonds is 8. The second-order valence-corrected chi connectivity index (χ2v) is 7.70. The SMILES string of the molecule is O=C(NCCCc1ccccc1)NCCN1CCN(C(=O)c2ccsc2)CC1. The van der Waals surface area contributed by atoms with Gasteiger partial charge in [-0.25, -0.2) is 4.79 Å². The number of carbonyl (C=O) groups is 2. The first-order chi connectivity index (χ1) is 13.7. The van der Waals surface area contributed by atoms with Crippen molar-refractivity contribution in [2.75, 3.05) is 45.8 Å². The molecule has 3 amide bonds. The van der Waals surface area contributed by atoms with Crippen LogP contribution in [0.25, 0.3) is 0 Å². The molecule has 0 unspecified atom stereocenters. The van der Waals surface area contributed by atoms with Crippen LogP contribution < -0.4 is 10.6 Å². The highest BCUT2D eigenvalue weighted by Crippen LogP contribution is 2.11. The molecule has 1 aliphatic heterocycles. The summed E-state index contributed by atoms with van der Waals surface area (Å²) in [4.78, 5) is 28.4. The number of hydrogen-bond acceptors (Lipinski definition) is 4. The highest BCUT2D eigenvalue weighted by Gasteiger charge is 2.22. The van der Waals surface area contributed by atoms with E-state index in [-0.39, 0.29) is 11.9 Å². The predicted molar refractivity (Wildman–Crippen MR) is 113 cm³/mol. The zero-order valence-electron chi connectivity index (χ0n) is 16.1. The van der Waals surface area contributed by atoms with E-state index in [1.807, 2.05) is 39.9 Å². The molecule has 0 aliphatic carbocycles. The van der Waals surface area contributed by atoms with E-state index in [0.717, 1.165) is 51.1 Å². The van der Waals surface area contributed by atoms with Crippen molar-refractivity contribution in [1.29, 1.82) is 0 Å². The Kier molecular flexibility index (Phi) is 7.87. The van der Waals surface area contributed by atoms with Crippen LogP contribution in [0.2, 0.25) is 0 Å². The number of thiophene rings is 1. The molecule has 0 atom stereocenters. The van der Waals surface area contributed by atoms with Crippen LogP contribution in [0.5, 0.6) is 0 Å². The molecule has 1 aromatic carbocycles. The molecule has 1 saturated heterocycles. The Morgan fingerprint density at radius 1 is 0.964 bits per heavy atom. The van der Waals surface area contributed by atoms with Gasteiger partial charge in [0.05, 0.1) is 5.56 Å². The summed E-state index contributed by atoms with van der Waals surface area (Å²) in [6, 6.07) is 12.1. The van der Waals surface area contributed by atoms with Crippen LogP contribution >= 0.6 is 11.3 Å². The Labute approximate surface area is 170 Å². The normalized spacial score (nSPS) is 14.6. The number of urea groups is 1. The predicted octanol–water partition coefficient (Wildman–Crippen LogP) is 2.44. The number of nitrogens with one attached hydrogen (secondary N) is 2. The number of hydrogen-bond donors (Lipinski definition) is 2. The van der Waals surface area contributed by atoms with Crippen molar-refractivity contribution >= 4 is 23.3 Å². The lowest BCUT2D eigenvalue weighted by atomic mass is 10.1. The van der Waals surface area contributed by atoms with E-state index in [1.54, 1.807) is 11.3 Å². The zero-order chi connectivity index (χ0) is 19.6. The Morgan fingerprint density at radius 2 is 1.71 bits per heavy atom. The van der Waals surface area contributed by atoms with Crippen LogP contribution in [0.3, 0.4) is 0 Å². The van der Waals surface area contributed by atoms with Crippen LogP contribution in [0.4, 0.5) is 4.79 Å². The molecule has 1 fully saturated rings. The fourth-order valence-corrected chi connectivity index (χ4v) is 3.90. The third-order valence-electron chi connectivity index (χ3n) is 4.91. The zero-order valence-corrected chi connectivity index (χ0v) is 16.9. The highest BCUT2D eigenvalue weighted by molar-refractivity contribution is 7.08. The van der Waals surface area contributed by atoms with Gasteiger partial charge in [-0.05, 0) is 29.9 Å². The molecule has 0 saturated carbocycles. The highest BCUT2D eigenvalue weighted by atomic mass is 32.1. The number of aryl methyl sites for hydroxylation is 1. The number of benzene rings is 1. The van der Waals surface area contributed by atoms with Gasteiger partial charge in [-0.1, -0.05) is 30.3 Å². The van der Waals surface area contributed by atoms with Crippen molar-refractivity contribution in [3.8, 4) is 0 Å². The maximum Gasteiger partial charge on any atom is 0.314 e. The summed E-state index contributed by atoms with van der Waals surface area (Å²) in [5.41, 5.74) is 2.07. The molecule has 0 radical (unpaired) electrons. The van der Waals surface area contributed by atoms with Crippen molar-refractivity contribution in [2.24, 2.45) is 0 Å². The standard InChI is InChI=1S/C21H28N4O2S/c26-20(19-8-16-28-17-19)25-14-12-24(13-15-25)11-10-23-21(27)22-9-4-7-18-5-2-1-3-6-18/h1-3,5-6,8,16-17H,4,7,9-15H2,(H2,22,23,27). The summed E-state index contributed by atoms with van der Waals surface area (Å²) in [6.07, 6.45) is 1.90. The van der Waals surface area contributed by atoms with Gasteiger partial charge >= 0.3 is 6.03 Å². The van der Waals surface area contributed by atoms with Gasteiger partial charge in [-0.15, -0.1) is 0 Å². The van der Waals surface area contributed by atoms with Gasteiger partial charge < -0.3 is 15.5 Å². The van der Waals surface area contributed by atoms with Gasteiger partial charge in [0.2, 0.25) is 0 Å². The van der Waals surface area contributed by atoms with Crippen molar-refractivity contribution in [1.82, 2.24) is 20.4 Å². The monoisotopic (exact) mass is 400 g/mol. The van der Waals surface area contributed by atoms with Gasteiger partial charge in [-0.2, -0.15) is 11.3 Å². The first kappa shape index (κ1) is 20.4. The summed E-state index contributed by atoms with van der Waals surface area (Å²) in [6.45, 7) is 5.25. The van der Waals surface area contributed by atoms with E-state index in [1.165, 1.54) is 5.56 Å². The molecule has 0 bridgehead atoms. The minimum Gasteiger partial charge on any atom is -0.338 e. The second kappa shape index (κ2) is 10.8. The Balaban J connectivity index is 1.23. The first-order valence-corrected chi connectivity index (χ1v) is 10.8. The van der Waals surface area contributed by atoms with Crippen LogP contribution in [0.1, 0.15) is 22.3 Å². The molecular weight excluding hydrogens is 372 g/mol. The van der Waals surface area contributed by atoms with Crippen molar-refractivity contribution in [2.45, 2.75) is 12.8 Å².